The molecule has 0 saturated heterocycles. The highest BCUT2D eigenvalue weighted by Crippen LogP contribution is 2.40. The highest BCUT2D eigenvalue weighted by Gasteiger charge is 2.33. The molecule has 0 amide bonds. The van der Waals surface area contributed by atoms with Crippen molar-refractivity contribution in [3.63, 3.8) is 0 Å². The summed E-state index contributed by atoms with van der Waals surface area (Å²) in [4.78, 5) is 0. The van der Waals surface area contributed by atoms with Crippen LogP contribution in [-0.4, -0.2) is 9.78 Å². The van der Waals surface area contributed by atoms with Crippen LogP contribution in [0.3, 0.4) is 0 Å². The molecule has 0 radical (unpaired) electrons. The molecule has 2 nitrogen and oxygen atoms in total. The number of hydrogen-bond donors (Lipinski definition) is 0. The highest BCUT2D eigenvalue weighted by molar-refractivity contribution is 5.16. The minimum atomic E-state index is -4.37. The van der Waals surface area contributed by atoms with E-state index in [-0.39, 0.29) is 4.68 Å². The third-order valence-electron chi connectivity index (χ3n) is 1.91. The second-order valence-electron chi connectivity index (χ2n) is 2.96. The second-order valence-corrected chi connectivity index (χ2v) is 2.96. The lowest BCUT2D eigenvalue weighted by molar-refractivity contribution is -0.212. The Kier molecular flexibility index (Phi) is 1.43. The van der Waals surface area contributed by atoms with Gasteiger partial charge in [-0.15, -0.1) is 13.2 Å². The molecule has 0 bridgehead atoms. The Morgan fingerprint density at radius 3 is 2.50 bits per heavy atom. The van der Waals surface area contributed by atoms with Gasteiger partial charge >= 0.3 is 6.30 Å². The second kappa shape index (κ2) is 2.24. The standard InChI is InChI=1S/C7H7F3N2/c8-7(9,10)12-4-6(3-11-12)5-1-2-5/h3-5H,1-2H2. The molecule has 66 valence electrons. The van der Waals surface area contributed by atoms with E-state index in [1.165, 1.54) is 6.20 Å². The van der Waals surface area contributed by atoms with Gasteiger partial charge in [0.25, 0.3) is 0 Å². The van der Waals surface area contributed by atoms with Crippen molar-refractivity contribution >= 4 is 0 Å². The first-order chi connectivity index (χ1) is 5.57. The lowest BCUT2D eigenvalue weighted by Crippen LogP contribution is -2.16. The molecule has 5 heteroatoms. The fraction of sp³-hybridized carbons (Fsp3) is 0.571. The molecule has 1 fully saturated rings. The number of nitrogens with zero attached hydrogens (tertiary/aromatic N) is 2. The van der Waals surface area contributed by atoms with Crippen molar-refractivity contribution in [3.05, 3.63) is 18.0 Å². The minimum absolute atomic E-state index is 0.0562. The largest absolute Gasteiger partial charge is 0.504 e. The summed E-state index contributed by atoms with van der Waals surface area (Å²) in [5.74, 6) is 0.320. The molecule has 1 aliphatic rings. The van der Waals surface area contributed by atoms with Gasteiger partial charge in [0.1, 0.15) is 0 Å². The summed E-state index contributed by atoms with van der Waals surface area (Å²) in [6.07, 6.45) is -0.0247. The molecule has 0 N–H and O–H groups in total. The zero-order valence-electron chi connectivity index (χ0n) is 6.17. The third-order valence-corrected chi connectivity index (χ3v) is 1.91. The molecule has 2 rings (SSSR count). The molecule has 0 atom stereocenters. The summed E-state index contributed by atoms with van der Waals surface area (Å²) in [5.41, 5.74) is 0.701. The number of hydrogen-bond acceptors (Lipinski definition) is 1. The highest BCUT2D eigenvalue weighted by atomic mass is 19.4. The van der Waals surface area contributed by atoms with E-state index in [2.05, 4.69) is 5.10 Å². The predicted octanol–water partition coefficient (Wildman–Crippen LogP) is 2.24. The maximum atomic E-state index is 12.0. The summed E-state index contributed by atoms with van der Waals surface area (Å²) < 4.78 is 36.0. The van der Waals surface area contributed by atoms with Crippen molar-refractivity contribution in [2.75, 3.05) is 0 Å². The van der Waals surface area contributed by atoms with E-state index in [1.807, 2.05) is 0 Å². The molecule has 1 aromatic heterocycles. The topological polar surface area (TPSA) is 17.8 Å². The summed E-state index contributed by atoms with van der Waals surface area (Å²) in [6.45, 7) is 0. The van der Waals surface area contributed by atoms with Gasteiger partial charge in [0.05, 0.1) is 6.20 Å². The van der Waals surface area contributed by atoms with E-state index in [1.54, 1.807) is 0 Å². The summed E-state index contributed by atoms with van der Waals surface area (Å²) in [6, 6.07) is 0. The normalized spacial score (nSPS) is 18.2. The first kappa shape index (κ1) is 7.64. The van der Waals surface area contributed by atoms with Gasteiger partial charge in [0.2, 0.25) is 0 Å². The van der Waals surface area contributed by atoms with Crippen LogP contribution in [0.5, 0.6) is 0 Å². The fourth-order valence-corrected chi connectivity index (χ4v) is 1.10. The zero-order chi connectivity index (χ0) is 8.77. The van der Waals surface area contributed by atoms with Crippen molar-refractivity contribution in [1.29, 1.82) is 0 Å². The Morgan fingerprint density at radius 1 is 1.42 bits per heavy atom. The predicted molar refractivity (Wildman–Crippen MR) is 35.5 cm³/mol. The Morgan fingerprint density at radius 2 is 2.08 bits per heavy atom. The number of rotatable bonds is 1. The molecule has 1 heterocycles. The third kappa shape index (κ3) is 1.31. The van der Waals surface area contributed by atoms with Crippen molar-refractivity contribution in [2.24, 2.45) is 0 Å². The lowest BCUT2D eigenvalue weighted by atomic mass is 10.2. The number of halogens is 3. The summed E-state index contributed by atoms with van der Waals surface area (Å²) in [7, 11) is 0. The van der Waals surface area contributed by atoms with Gasteiger partial charge < -0.3 is 0 Å². The number of alkyl halides is 3. The molecule has 0 spiro atoms. The van der Waals surface area contributed by atoms with E-state index >= 15 is 0 Å². The Bertz CT molecular complexity index is 285. The quantitative estimate of drug-likeness (QED) is 0.641. The van der Waals surface area contributed by atoms with Crippen LogP contribution in [0.15, 0.2) is 12.4 Å². The minimum Gasteiger partial charge on any atom is -0.179 e. The molecular formula is C7H7F3N2. The van der Waals surface area contributed by atoms with E-state index in [0.717, 1.165) is 19.0 Å². The number of aromatic nitrogens is 2. The Labute approximate surface area is 67.0 Å². The van der Waals surface area contributed by atoms with Crippen LogP contribution in [0.25, 0.3) is 0 Å². The smallest absolute Gasteiger partial charge is 0.179 e. The van der Waals surface area contributed by atoms with E-state index in [9.17, 15) is 13.2 Å². The molecule has 0 aliphatic heterocycles. The summed E-state index contributed by atoms with van der Waals surface area (Å²) in [5, 5.41) is 3.24. The maximum Gasteiger partial charge on any atom is 0.504 e. The Balaban J connectivity index is 2.23. The van der Waals surface area contributed by atoms with E-state index in [4.69, 9.17) is 0 Å². The zero-order valence-corrected chi connectivity index (χ0v) is 6.17. The molecule has 1 aromatic rings. The fourth-order valence-electron chi connectivity index (χ4n) is 1.10. The van der Waals surface area contributed by atoms with Gasteiger partial charge in [-0.25, -0.2) is 0 Å². The van der Waals surface area contributed by atoms with Crippen molar-refractivity contribution in [2.45, 2.75) is 25.1 Å². The van der Waals surface area contributed by atoms with Crippen molar-refractivity contribution < 1.29 is 13.2 Å². The molecular weight excluding hydrogens is 169 g/mol. The van der Waals surface area contributed by atoms with Crippen LogP contribution in [0, 0.1) is 0 Å². The maximum absolute atomic E-state index is 12.0. The van der Waals surface area contributed by atoms with Crippen LogP contribution in [-0.2, 0) is 6.30 Å². The van der Waals surface area contributed by atoms with Crippen LogP contribution in [0.2, 0.25) is 0 Å². The van der Waals surface area contributed by atoms with Crippen LogP contribution in [0.1, 0.15) is 24.3 Å². The van der Waals surface area contributed by atoms with Crippen LogP contribution in [0.4, 0.5) is 13.2 Å². The first-order valence-electron chi connectivity index (χ1n) is 3.69. The van der Waals surface area contributed by atoms with Crippen LogP contribution >= 0.6 is 0 Å². The molecule has 0 aromatic carbocycles. The average molecular weight is 176 g/mol. The SMILES string of the molecule is FC(F)(F)n1cc(C2CC2)cn1. The van der Waals surface area contributed by atoms with Gasteiger partial charge in [-0.2, -0.15) is 9.78 Å². The van der Waals surface area contributed by atoms with Gasteiger partial charge in [0, 0.05) is 6.20 Å². The van der Waals surface area contributed by atoms with Crippen molar-refractivity contribution in [1.82, 2.24) is 9.78 Å². The van der Waals surface area contributed by atoms with Gasteiger partial charge in [-0.3, -0.25) is 0 Å². The van der Waals surface area contributed by atoms with Crippen LogP contribution < -0.4 is 0 Å². The first-order valence-corrected chi connectivity index (χ1v) is 3.69. The van der Waals surface area contributed by atoms with Gasteiger partial charge in [-0.1, -0.05) is 0 Å². The summed E-state index contributed by atoms with van der Waals surface area (Å²) >= 11 is 0. The molecule has 1 aliphatic carbocycles. The lowest BCUT2D eigenvalue weighted by Gasteiger charge is -2.03. The van der Waals surface area contributed by atoms with E-state index < -0.39 is 6.30 Å². The van der Waals surface area contributed by atoms with Gasteiger partial charge in [-0.05, 0) is 24.3 Å². The monoisotopic (exact) mass is 176 g/mol. The van der Waals surface area contributed by atoms with Gasteiger partial charge in [0.15, 0.2) is 0 Å². The molecule has 12 heavy (non-hydrogen) atoms. The molecule has 0 unspecified atom stereocenters. The molecule has 1 saturated carbocycles. The van der Waals surface area contributed by atoms with Crippen molar-refractivity contribution in [3.8, 4) is 0 Å². The average Bonchev–Trinajstić information content (AvgIpc) is 2.66. The van der Waals surface area contributed by atoms with E-state index in [0.29, 0.717) is 11.5 Å². The Hall–Kier alpha value is -1.00.